The van der Waals surface area contributed by atoms with Gasteiger partial charge >= 0.3 is 0 Å². The Morgan fingerprint density at radius 3 is 2.85 bits per heavy atom. The van der Waals surface area contributed by atoms with Crippen LogP contribution in [0.5, 0.6) is 5.75 Å². The number of nitrogens with zero attached hydrogens (tertiary/aromatic N) is 1. The number of carbonyl (C=O) groups excluding carboxylic acids is 1. The number of hydrogen-bond donors (Lipinski definition) is 3. The number of amides is 1. The Balaban J connectivity index is 1.38. The first-order valence-electron chi connectivity index (χ1n) is 11.3. The molecule has 0 bridgehead atoms. The summed E-state index contributed by atoms with van der Waals surface area (Å²) in [5.74, 6) is 0.883. The molecule has 7 nitrogen and oxygen atoms in total. The van der Waals surface area contributed by atoms with E-state index in [9.17, 15) is 4.79 Å². The van der Waals surface area contributed by atoms with Crippen LogP contribution in [0, 0.1) is 0 Å². The second kappa shape index (κ2) is 8.78. The molecule has 8 heteroatoms. The number of carbonyl (C=O) groups is 1. The number of methoxy groups -OCH3 is 1. The van der Waals surface area contributed by atoms with E-state index in [0.717, 1.165) is 48.3 Å². The largest absolute Gasteiger partial charge is 0.495 e. The second-order valence-electron chi connectivity index (χ2n) is 8.55. The second-order valence-corrected chi connectivity index (χ2v) is 9.64. The van der Waals surface area contributed by atoms with Crippen molar-refractivity contribution in [3.8, 4) is 5.75 Å². The van der Waals surface area contributed by atoms with Gasteiger partial charge in [-0.3, -0.25) is 15.5 Å². The van der Waals surface area contributed by atoms with Crippen LogP contribution in [0.15, 0.2) is 42.5 Å². The summed E-state index contributed by atoms with van der Waals surface area (Å²) in [7, 11) is 1.63. The Labute approximate surface area is 197 Å². The lowest BCUT2D eigenvalue weighted by Crippen LogP contribution is -2.41. The van der Waals surface area contributed by atoms with Gasteiger partial charge in [0.15, 0.2) is 5.72 Å². The highest BCUT2D eigenvalue weighted by Crippen LogP contribution is 2.44. The van der Waals surface area contributed by atoms with Crippen molar-refractivity contribution < 1.29 is 19.7 Å². The standard InChI is InChI=1S/C25H28N4O3S/c1-31-24-17(25(15-32-25)28-11-5-13-29-12-4-8-21(29)30)9-10-18(26)22(24)23(27)20-14-16-6-2-3-7-19(16)33-20/h2-3,6-7,9-10,14,27-28H,4-5,8,11-13,15,26H2,1H3/p+1. The molecule has 5 rings (SSSR count). The highest BCUT2D eigenvalue weighted by atomic mass is 32.1. The Kier molecular flexibility index (Phi) is 5.82. The van der Waals surface area contributed by atoms with Crippen molar-refractivity contribution in [2.45, 2.75) is 25.0 Å². The number of fused-ring (bicyclic) bond motifs is 1. The number of benzene rings is 2. The van der Waals surface area contributed by atoms with Crippen molar-refractivity contribution in [2.75, 3.05) is 39.1 Å². The van der Waals surface area contributed by atoms with Crippen molar-refractivity contribution in [3.05, 3.63) is 58.5 Å². The lowest BCUT2D eigenvalue weighted by Gasteiger charge is -2.21. The monoisotopic (exact) mass is 465 g/mol. The van der Waals surface area contributed by atoms with Gasteiger partial charge in [0.05, 0.1) is 13.7 Å². The normalized spacial score (nSPS) is 19.9. The van der Waals surface area contributed by atoms with Crippen LogP contribution in [-0.2, 0) is 15.3 Å². The molecule has 1 unspecified atom stereocenters. The number of likely N-dealkylation sites (tertiary alicyclic amines) is 1. The minimum Gasteiger partial charge on any atom is -0.495 e. The summed E-state index contributed by atoms with van der Waals surface area (Å²) >= 11 is 1.63. The summed E-state index contributed by atoms with van der Waals surface area (Å²) < 4.78 is 12.9. The van der Waals surface area contributed by atoms with Gasteiger partial charge in [0.25, 0.3) is 0 Å². The molecule has 1 atom stereocenters. The maximum absolute atomic E-state index is 11.8. The number of anilines is 1. The molecule has 0 spiro atoms. The molecular weight excluding hydrogens is 436 g/mol. The predicted molar refractivity (Wildman–Crippen MR) is 130 cm³/mol. The van der Waals surface area contributed by atoms with Crippen LogP contribution in [0.25, 0.3) is 10.1 Å². The third-order valence-corrected chi connectivity index (χ3v) is 7.56. The molecule has 1 amide bonds. The van der Waals surface area contributed by atoms with Gasteiger partial charge in [-0.25, -0.2) is 0 Å². The van der Waals surface area contributed by atoms with E-state index in [0.29, 0.717) is 35.7 Å². The number of thiophene rings is 1. The summed E-state index contributed by atoms with van der Waals surface area (Å²) in [4.78, 5) is 14.7. The third-order valence-electron chi connectivity index (χ3n) is 6.41. The zero-order valence-corrected chi connectivity index (χ0v) is 19.5. The fraction of sp³-hybridized carbons (Fsp3) is 0.360. The molecule has 2 saturated heterocycles. The van der Waals surface area contributed by atoms with Crippen molar-refractivity contribution in [2.24, 2.45) is 0 Å². The Hall–Kier alpha value is -2.94. The van der Waals surface area contributed by atoms with Crippen molar-refractivity contribution >= 4 is 38.7 Å². The van der Waals surface area contributed by atoms with Crippen LogP contribution in [0.1, 0.15) is 35.3 Å². The number of nitrogen functional groups attached to an aromatic ring is 1. The lowest BCUT2D eigenvalue weighted by molar-refractivity contribution is -0.127. The maximum atomic E-state index is 11.8. The molecular formula is C25H29N4O3S+. The summed E-state index contributed by atoms with van der Waals surface area (Å²) in [6.07, 6.45) is 2.49. The van der Waals surface area contributed by atoms with Crippen LogP contribution in [0.4, 0.5) is 5.69 Å². The van der Waals surface area contributed by atoms with Crippen LogP contribution in [0.3, 0.4) is 0 Å². The molecule has 2 fully saturated rings. The molecule has 3 aromatic rings. The molecule has 2 aliphatic heterocycles. The first-order chi connectivity index (χ1) is 16.0. The minimum atomic E-state index is -0.622. The number of nitrogens with two attached hydrogens (primary N) is 2. The van der Waals surface area contributed by atoms with Crippen LogP contribution in [-0.4, -0.2) is 49.9 Å². The van der Waals surface area contributed by atoms with Gasteiger partial charge in [-0.2, -0.15) is 0 Å². The maximum Gasteiger partial charge on any atom is 0.227 e. The lowest BCUT2D eigenvalue weighted by atomic mass is 9.97. The van der Waals surface area contributed by atoms with Gasteiger partial charge < -0.3 is 20.1 Å². The first kappa shape index (κ1) is 21.9. The van der Waals surface area contributed by atoms with E-state index in [1.54, 1.807) is 18.4 Å². The van der Waals surface area contributed by atoms with Crippen LogP contribution in [0.2, 0.25) is 0 Å². The van der Waals surface area contributed by atoms with Gasteiger partial charge in [0.1, 0.15) is 16.2 Å². The van der Waals surface area contributed by atoms with Gasteiger partial charge in [-0.05, 0) is 49.0 Å². The van der Waals surface area contributed by atoms with E-state index in [1.165, 1.54) is 4.70 Å². The van der Waals surface area contributed by atoms with Crippen molar-refractivity contribution in [1.82, 2.24) is 10.2 Å². The molecule has 0 radical (unpaired) electrons. The smallest absolute Gasteiger partial charge is 0.227 e. The fourth-order valence-corrected chi connectivity index (χ4v) is 5.60. The van der Waals surface area contributed by atoms with Gasteiger partial charge in [-0.1, -0.05) is 18.2 Å². The van der Waals surface area contributed by atoms with Crippen molar-refractivity contribution in [1.29, 1.82) is 0 Å². The number of rotatable bonds is 9. The molecule has 1 aromatic heterocycles. The molecule has 2 aromatic carbocycles. The van der Waals surface area contributed by atoms with Gasteiger partial charge in [0.2, 0.25) is 11.6 Å². The van der Waals surface area contributed by atoms with Gasteiger partial charge in [-0.15, -0.1) is 11.3 Å². The van der Waals surface area contributed by atoms with Gasteiger partial charge in [0, 0.05) is 35.5 Å². The zero-order valence-electron chi connectivity index (χ0n) is 18.7. The molecule has 0 aliphatic carbocycles. The molecule has 5 N–H and O–H groups in total. The van der Waals surface area contributed by atoms with E-state index >= 15 is 0 Å². The highest BCUT2D eigenvalue weighted by molar-refractivity contribution is 7.21. The minimum absolute atomic E-state index is 0.254. The number of ether oxygens (including phenoxy) is 2. The topological polar surface area (TPSA) is 106 Å². The average Bonchev–Trinajstić information content (AvgIpc) is 3.29. The molecule has 3 heterocycles. The molecule has 0 saturated carbocycles. The molecule has 33 heavy (non-hydrogen) atoms. The number of hydrogen-bond acceptors (Lipinski definition) is 6. The van der Waals surface area contributed by atoms with Crippen LogP contribution < -0.4 is 21.2 Å². The SMILES string of the molecule is COc1c(C2(NCCCN3CCCC3=O)CO2)ccc(N)c1C(=[NH2+])c1cc2ccccc2s1. The fourth-order valence-electron chi connectivity index (χ4n) is 4.57. The molecule has 2 aliphatic rings. The Morgan fingerprint density at radius 1 is 1.33 bits per heavy atom. The van der Waals surface area contributed by atoms with Crippen molar-refractivity contribution in [3.63, 3.8) is 0 Å². The first-order valence-corrected chi connectivity index (χ1v) is 12.1. The average molecular weight is 466 g/mol. The van der Waals surface area contributed by atoms with E-state index in [-0.39, 0.29) is 5.91 Å². The quantitative estimate of drug-likeness (QED) is 0.194. The molecule has 172 valence electrons. The summed E-state index contributed by atoms with van der Waals surface area (Å²) in [5, 5.41) is 11.3. The van der Waals surface area contributed by atoms with E-state index in [4.69, 9.17) is 20.6 Å². The Morgan fingerprint density at radius 2 is 2.15 bits per heavy atom. The summed E-state index contributed by atoms with van der Waals surface area (Å²) in [6, 6.07) is 14.1. The number of epoxide rings is 1. The van der Waals surface area contributed by atoms with E-state index in [2.05, 4.69) is 23.5 Å². The predicted octanol–water partition coefficient (Wildman–Crippen LogP) is 1.87. The summed E-state index contributed by atoms with van der Waals surface area (Å²) in [6.45, 7) is 2.89. The van der Waals surface area contributed by atoms with Crippen LogP contribution >= 0.6 is 11.3 Å². The highest BCUT2D eigenvalue weighted by Gasteiger charge is 2.49. The summed E-state index contributed by atoms with van der Waals surface area (Å²) in [5.41, 5.74) is 8.51. The zero-order chi connectivity index (χ0) is 23.0. The van der Waals surface area contributed by atoms with E-state index in [1.807, 2.05) is 29.2 Å². The third kappa shape index (κ3) is 4.10. The number of nitrogens with one attached hydrogen (secondary N) is 1. The van der Waals surface area contributed by atoms with E-state index < -0.39 is 5.72 Å². The Bertz CT molecular complexity index is 1180.